The molecule has 0 aromatic carbocycles. The standard InChI is InChI=1S/C12H22N2O/c1-6-7-8-10(2)11(3)13-9-14(5)12(4)15/h6-7,9-11H,8H2,1-5H3/b7-6-,13-9?/t10-,11?/m0/s1. The van der Waals surface area contributed by atoms with Crippen LogP contribution in [0.4, 0.5) is 0 Å². The largest absolute Gasteiger partial charge is 0.307 e. The summed E-state index contributed by atoms with van der Waals surface area (Å²) in [5.41, 5.74) is 0. The van der Waals surface area contributed by atoms with Crippen LogP contribution in [0.25, 0.3) is 0 Å². The lowest BCUT2D eigenvalue weighted by Gasteiger charge is -2.15. The minimum absolute atomic E-state index is 0.00653. The van der Waals surface area contributed by atoms with Crippen LogP contribution in [0.5, 0.6) is 0 Å². The molecule has 0 saturated heterocycles. The predicted octanol–water partition coefficient (Wildman–Crippen LogP) is 2.48. The Balaban J connectivity index is 4.10. The van der Waals surface area contributed by atoms with Crippen molar-refractivity contribution in [1.82, 2.24) is 4.90 Å². The number of carbonyl (C=O) groups excluding carboxylic acids is 1. The average Bonchev–Trinajstić information content (AvgIpc) is 2.21. The minimum Gasteiger partial charge on any atom is -0.307 e. The summed E-state index contributed by atoms with van der Waals surface area (Å²) < 4.78 is 0. The Hall–Kier alpha value is -1.12. The maximum atomic E-state index is 10.9. The molecule has 0 saturated carbocycles. The van der Waals surface area contributed by atoms with Gasteiger partial charge in [0.15, 0.2) is 0 Å². The molecule has 0 fully saturated rings. The third-order valence-electron chi connectivity index (χ3n) is 2.54. The van der Waals surface area contributed by atoms with Crippen molar-refractivity contribution < 1.29 is 4.79 Å². The molecule has 1 amide bonds. The summed E-state index contributed by atoms with van der Waals surface area (Å²) in [6.45, 7) is 7.78. The van der Waals surface area contributed by atoms with Crippen LogP contribution < -0.4 is 0 Å². The van der Waals surface area contributed by atoms with E-state index in [0.717, 1.165) is 6.42 Å². The van der Waals surface area contributed by atoms with E-state index in [0.29, 0.717) is 5.92 Å². The van der Waals surface area contributed by atoms with Crippen LogP contribution in [-0.4, -0.2) is 30.2 Å². The molecule has 0 aliphatic carbocycles. The van der Waals surface area contributed by atoms with Gasteiger partial charge in [0, 0.05) is 14.0 Å². The molecule has 0 aliphatic heterocycles. The Bertz CT molecular complexity index is 246. The molecule has 0 heterocycles. The fourth-order valence-corrected chi connectivity index (χ4v) is 0.981. The number of carbonyl (C=O) groups is 1. The first kappa shape index (κ1) is 13.9. The second-order valence-electron chi connectivity index (χ2n) is 3.92. The van der Waals surface area contributed by atoms with Gasteiger partial charge in [-0.25, -0.2) is 0 Å². The first-order chi connectivity index (χ1) is 6.99. The van der Waals surface area contributed by atoms with Crippen LogP contribution in [0.2, 0.25) is 0 Å². The molecule has 0 spiro atoms. The third kappa shape index (κ3) is 6.05. The highest BCUT2D eigenvalue weighted by molar-refractivity contribution is 5.85. The monoisotopic (exact) mass is 210 g/mol. The SMILES string of the molecule is C/C=C\C[C@H](C)C(C)N=CN(C)C(C)=O. The third-order valence-corrected chi connectivity index (χ3v) is 2.54. The molecule has 0 aromatic rings. The smallest absolute Gasteiger partial charge is 0.224 e. The van der Waals surface area contributed by atoms with Crippen LogP contribution in [-0.2, 0) is 4.79 Å². The van der Waals surface area contributed by atoms with E-state index in [1.807, 2.05) is 6.92 Å². The van der Waals surface area contributed by atoms with Crippen molar-refractivity contribution in [3.8, 4) is 0 Å². The molecule has 0 bridgehead atoms. The summed E-state index contributed by atoms with van der Waals surface area (Å²) >= 11 is 0. The molecule has 0 radical (unpaired) electrons. The van der Waals surface area contributed by atoms with Crippen molar-refractivity contribution in [3.63, 3.8) is 0 Å². The van der Waals surface area contributed by atoms with E-state index < -0.39 is 0 Å². The lowest BCUT2D eigenvalue weighted by molar-refractivity contribution is -0.123. The van der Waals surface area contributed by atoms with E-state index in [1.165, 1.54) is 11.8 Å². The van der Waals surface area contributed by atoms with Gasteiger partial charge in [0.05, 0.1) is 12.4 Å². The van der Waals surface area contributed by atoms with Crippen molar-refractivity contribution >= 4 is 12.2 Å². The fourth-order valence-electron chi connectivity index (χ4n) is 0.981. The lowest BCUT2D eigenvalue weighted by Crippen LogP contribution is -2.23. The Labute approximate surface area is 92.9 Å². The maximum Gasteiger partial charge on any atom is 0.224 e. The zero-order chi connectivity index (χ0) is 11.8. The van der Waals surface area contributed by atoms with Crippen LogP contribution in [0.15, 0.2) is 17.1 Å². The van der Waals surface area contributed by atoms with Gasteiger partial charge in [-0.2, -0.15) is 0 Å². The number of allylic oxidation sites excluding steroid dienone is 2. The van der Waals surface area contributed by atoms with E-state index in [4.69, 9.17) is 0 Å². The number of rotatable bonds is 5. The van der Waals surface area contributed by atoms with Gasteiger partial charge in [0.1, 0.15) is 0 Å². The number of aliphatic imine (C=N–C) groups is 1. The molecular formula is C12H22N2O. The molecule has 0 aliphatic rings. The van der Waals surface area contributed by atoms with Crippen LogP contribution in [0.3, 0.4) is 0 Å². The first-order valence-corrected chi connectivity index (χ1v) is 5.36. The molecule has 86 valence electrons. The maximum absolute atomic E-state index is 10.9. The summed E-state index contributed by atoms with van der Waals surface area (Å²) in [7, 11) is 1.72. The number of amides is 1. The Morgan fingerprint density at radius 2 is 2.07 bits per heavy atom. The number of hydrogen-bond donors (Lipinski definition) is 0. The van der Waals surface area contributed by atoms with Gasteiger partial charge >= 0.3 is 0 Å². The predicted molar refractivity (Wildman–Crippen MR) is 65.0 cm³/mol. The molecule has 0 aromatic heterocycles. The topological polar surface area (TPSA) is 32.7 Å². The van der Waals surface area contributed by atoms with Crippen molar-refractivity contribution in [3.05, 3.63) is 12.2 Å². The van der Waals surface area contributed by atoms with Gasteiger partial charge in [-0.3, -0.25) is 9.79 Å². The quantitative estimate of drug-likeness (QED) is 0.390. The van der Waals surface area contributed by atoms with E-state index >= 15 is 0 Å². The van der Waals surface area contributed by atoms with Gasteiger partial charge in [0.25, 0.3) is 0 Å². The number of nitrogens with zero attached hydrogens (tertiary/aromatic N) is 2. The summed E-state index contributed by atoms with van der Waals surface area (Å²) in [5, 5.41) is 0. The number of hydrogen-bond acceptors (Lipinski definition) is 2. The van der Waals surface area contributed by atoms with Crippen molar-refractivity contribution in [2.75, 3.05) is 7.05 Å². The highest BCUT2D eigenvalue weighted by atomic mass is 16.2. The molecular weight excluding hydrogens is 188 g/mol. The van der Waals surface area contributed by atoms with Gasteiger partial charge in [0.2, 0.25) is 5.91 Å². The minimum atomic E-state index is 0.00653. The van der Waals surface area contributed by atoms with E-state index in [1.54, 1.807) is 13.4 Å². The zero-order valence-electron chi connectivity index (χ0n) is 10.4. The highest BCUT2D eigenvalue weighted by Gasteiger charge is 2.08. The Morgan fingerprint density at radius 3 is 2.53 bits per heavy atom. The molecule has 1 unspecified atom stereocenters. The van der Waals surface area contributed by atoms with E-state index in [-0.39, 0.29) is 11.9 Å². The molecule has 2 atom stereocenters. The van der Waals surface area contributed by atoms with E-state index in [2.05, 4.69) is 31.0 Å². The summed E-state index contributed by atoms with van der Waals surface area (Å²) in [6.07, 6.45) is 6.83. The van der Waals surface area contributed by atoms with Crippen molar-refractivity contribution in [2.45, 2.75) is 40.2 Å². The molecule has 3 nitrogen and oxygen atoms in total. The lowest BCUT2D eigenvalue weighted by atomic mass is 10.0. The Kier molecular flexibility index (Phi) is 6.67. The van der Waals surface area contributed by atoms with Gasteiger partial charge in [-0.1, -0.05) is 19.1 Å². The van der Waals surface area contributed by atoms with Crippen LogP contribution >= 0.6 is 0 Å². The average molecular weight is 210 g/mol. The summed E-state index contributed by atoms with van der Waals surface area (Å²) in [4.78, 5) is 16.8. The molecule has 3 heteroatoms. The van der Waals surface area contributed by atoms with Gasteiger partial charge < -0.3 is 4.90 Å². The second kappa shape index (κ2) is 7.21. The first-order valence-electron chi connectivity index (χ1n) is 5.36. The second-order valence-corrected chi connectivity index (χ2v) is 3.92. The summed E-state index contributed by atoms with van der Waals surface area (Å²) in [6, 6.07) is 0.239. The van der Waals surface area contributed by atoms with Crippen LogP contribution in [0.1, 0.15) is 34.1 Å². The molecule has 0 N–H and O–H groups in total. The molecule has 15 heavy (non-hydrogen) atoms. The van der Waals surface area contributed by atoms with Crippen molar-refractivity contribution in [2.24, 2.45) is 10.9 Å². The molecule has 0 rings (SSSR count). The van der Waals surface area contributed by atoms with E-state index in [9.17, 15) is 4.79 Å². The van der Waals surface area contributed by atoms with Crippen LogP contribution in [0, 0.1) is 5.92 Å². The highest BCUT2D eigenvalue weighted by Crippen LogP contribution is 2.11. The zero-order valence-corrected chi connectivity index (χ0v) is 10.4. The van der Waals surface area contributed by atoms with Crippen molar-refractivity contribution in [1.29, 1.82) is 0 Å². The Morgan fingerprint density at radius 1 is 1.47 bits per heavy atom. The fraction of sp³-hybridized carbons (Fsp3) is 0.667. The summed E-state index contributed by atoms with van der Waals surface area (Å²) in [5.74, 6) is 0.505. The van der Waals surface area contributed by atoms with Gasteiger partial charge in [-0.05, 0) is 26.2 Å². The van der Waals surface area contributed by atoms with Gasteiger partial charge in [-0.15, -0.1) is 0 Å². The normalized spacial score (nSPS) is 15.8.